The van der Waals surface area contributed by atoms with E-state index < -0.39 is 15.5 Å². The molecule has 4 rings (SSSR count). The highest BCUT2D eigenvalue weighted by molar-refractivity contribution is 7.90. The standard InChI is InChI=1S/C18H29F3N4O3S/c1-22-16(24-14-13-5-10-28-15(13)17(14)6-2-7-17)23-11-12-3-8-25(9-4-12)29(26,27)18(19,20)21/h12-15H,2-11H2,1H3,(H2,22,23,24). The summed E-state index contributed by atoms with van der Waals surface area (Å²) in [6.07, 6.45) is 5.80. The molecular weight excluding hydrogens is 409 g/mol. The summed E-state index contributed by atoms with van der Waals surface area (Å²) in [6, 6.07) is 0.355. The topological polar surface area (TPSA) is 83.0 Å². The molecule has 0 amide bonds. The molecule has 2 aliphatic heterocycles. The van der Waals surface area contributed by atoms with Crippen molar-refractivity contribution in [1.82, 2.24) is 14.9 Å². The Labute approximate surface area is 169 Å². The maximum absolute atomic E-state index is 12.7. The van der Waals surface area contributed by atoms with E-state index in [2.05, 4.69) is 15.6 Å². The number of aliphatic imine (C=N–C) groups is 1. The summed E-state index contributed by atoms with van der Waals surface area (Å²) in [6.45, 7) is 1.17. The van der Waals surface area contributed by atoms with Crippen molar-refractivity contribution in [2.45, 2.75) is 56.2 Å². The van der Waals surface area contributed by atoms with Crippen LogP contribution in [0.5, 0.6) is 0 Å². The number of piperidine rings is 1. The minimum atomic E-state index is -5.23. The molecule has 0 aromatic rings. The number of alkyl halides is 3. The Bertz CT molecular complexity index is 746. The number of fused-ring (bicyclic) bond motifs is 2. The Morgan fingerprint density at radius 3 is 2.48 bits per heavy atom. The Hall–Kier alpha value is -1.07. The van der Waals surface area contributed by atoms with Gasteiger partial charge in [0.15, 0.2) is 5.96 Å². The van der Waals surface area contributed by atoms with E-state index in [1.807, 2.05) is 0 Å². The fourth-order valence-electron chi connectivity index (χ4n) is 5.54. The van der Waals surface area contributed by atoms with Crippen molar-refractivity contribution < 1.29 is 26.3 Å². The molecule has 3 atom stereocenters. The van der Waals surface area contributed by atoms with Crippen molar-refractivity contribution in [3.05, 3.63) is 0 Å². The zero-order valence-electron chi connectivity index (χ0n) is 16.5. The van der Waals surface area contributed by atoms with Crippen LogP contribution in [0.4, 0.5) is 13.2 Å². The van der Waals surface area contributed by atoms with Crippen LogP contribution in [-0.2, 0) is 14.8 Å². The van der Waals surface area contributed by atoms with Gasteiger partial charge in [-0.05, 0) is 38.0 Å². The van der Waals surface area contributed by atoms with Crippen molar-refractivity contribution in [3.8, 4) is 0 Å². The fourth-order valence-corrected chi connectivity index (χ4v) is 6.52. The summed E-state index contributed by atoms with van der Waals surface area (Å²) in [4.78, 5) is 4.32. The fraction of sp³-hybridized carbons (Fsp3) is 0.944. The highest BCUT2D eigenvalue weighted by Crippen LogP contribution is 2.62. The number of hydrogen-bond donors (Lipinski definition) is 2. The maximum Gasteiger partial charge on any atom is 0.511 e. The number of nitrogens with zero attached hydrogens (tertiary/aromatic N) is 2. The van der Waals surface area contributed by atoms with E-state index in [1.54, 1.807) is 7.05 Å². The van der Waals surface area contributed by atoms with E-state index in [1.165, 1.54) is 19.3 Å². The summed E-state index contributed by atoms with van der Waals surface area (Å²) in [5.74, 6) is 1.33. The first-order valence-electron chi connectivity index (χ1n) is 10.3. The number of nitrogens with one attached hydrogen (secondary N) is 2. The Kier molecular flexibility index (Phi) is 5.52. The molecule has 2 saturated heterocycles. The van der Waals surface area contributed by atoms with Gasteiger partial charge in [-0.2, -0.15) is 17.5 Å². The van der Waals surface area contributed by atoms with E-state index in [-0.39, 0.29) is 24.4 Å². The molecule has 2 aliphatic carbocycles. The Morgan fingerprint density at radius 1 is 1.24 bits per heavy atom. The summed E-state index contributed by atoms with van der Waals surface area (Å²) < 4.78 is 67.6. The van der Waals surface area contributed by atoms with Crippen molar-refractivity contribution in [2.75, 3.05) is 33.3 Å². The number of ether oxygens (including phenoxy) is 1. The number of rotatable bonds is 4. The van der Waals surface area contributed by atoms with Crippen LogP contribution in [0.3, 0.4) is 0 Å². The van der Waals surface area contributed by atoms with E-state index in [4.69, 9.17) is 4.74 Å². The van der Waals surface area contributed by atoms with Gasteiger partial charge in [-0.1, -0.05) is 6.42 Å². The van der Waals surface area contributed by atoms with Gasteiger partial charge < -0.3 is 15.4 Å². The van der Waals surface area contributed by atoms with Gasteiger partial charge in [0.05, 0.1) is 6.10 Å². The summed E-state index contributed by atoms with van der Waals surface area (Å²) in [5.41, 5.74) is -5.00. The van der Waals surface area contributed by atoms with Crippen LogP contribution in [0.2, 0.25) is 0 Å². The minimum absolute atomic E-state index is 0.104. The minimum Gasteiger partial charge on any atom is -0.377 e. The molecule has 166 valence electrons. The van der Waals surface area contributed by atoms with Crippen molar-refractivity contribution in [3.63, 3.8) is 0 Å². The summed E-state index contributed by atoms with van der Waals surface area (Å²) >= 11 is 0. The normalized spacial score (nSPS) is 33.1. The lowest BCUT2D eigenvalue weighted by Crippen LogP contribution is -2.72. The quantitative estimate of drug-likeness (QED) is 0.516. The van der Waals surface area contributed by atoms with Crippen LogP contribution in [0, 0.1) is 17.3 Å². The van der Waals surface area contributed by atoms with Gasteiger partial charge in [-0.15, -0.1) is 0 Å². The third-order valence-electron chi connectivity index (χ3n) is 7.32. The van der Waals surface area contributed by atoms with Gasteiger partial charge in [0.1, 0.15) is 0 Å². The Morgan fingerprint density at radius 2 is 1.93 bits per heavy atom. The van der Waals surface area contributed by atoms with Crippen molar-refractivity contribution in [2.24, 2.45) is 22.2 Å². The van der Waals surface area contributed by atoms with Crippen molar-refractivity contribution in [1.29, 1.82) is 0 Å². The lowest BCUT2D eigenvalue weighted by atomic mass is 9.46. The maximum atomic E-state index is 12.7. The second kappa shape index (κ2) is 7.56. The molecule has 0 aromatic heterocycles. The zero-order chi connectivity index (χ0) is 20.9. The van der Waals surface area contributed by atoms with E-state index in [0.29, 0.717) is 47.7 Å². The molecule has 3 unspecified atom stereocenters. The SMILES string of the molecule is CN=C(NCC1CCN(S(=O)(=O)C(F)(F)F)CC1)NC1C2CCOC2C12CCC2. The predicted octanol–water partition coefficient (Wildman–Crippen LogP) is 1.67. The second-order valence-electron chi connectivity index (χ2n) is 8.70. The first-order valence-corrected chi connectivity index (χ1v) is 11.8. The second-order valence-corrected chi connectivity index (χ2v) is 10.6. The number of hydrogen-bond acceptors (Lipinski definition) is 4. The van der Waals surface area contributed by atoms with Gasteiger partial charge in [0.25, 0.3) is 0 Å². The van der Waals surface area contributed by atoms with Gasteiger partial charge >= 0.3 is 15.5 Å². The Balaban J connectivity index is 1.26. The molecule has 4 aliphatic rings. The van der Waals surface area contributed by atoms with Crippen LogP contribution in [0.25, 0.3) is 0 Å². The molecule has 7 nitrogen and oxygen atoms in total. The molecule has 0 bridgehead atoms. The smallest absolute Gasteiger partial charge is 0.377 e. The summed E-state index contributed by atoms with van der Waals surface area (Å²) in [7, 11) is -3.51. The number of sulfonamides is 1. The molecule has 11 heteroatoms. The molecule has 0 radical (unpaired) electrons. The third kappa shape index (κ3) is 3.52. The molecule has 1 spiro atoms. The third-order valence-corrected chi connectivity index (χ3v) is 8.95. The molecular formula is C18H29F3N4O3S. The van der Waals surface area contributed by atoms with Gasteiger partial charge in [-0.3, -0.25) is 4.99 Å². The molecule has 2 N–H and O–H groups in total. The van der Waals surface area contributed by atoms with E-state index in [0.717, 1.165) is 13.0 Å². The van der Waals surface area contributed by atoms with Crippen LogP contribution in [0.15, 0.2) is 4.99 Å². The predicted molar refractivity (Wildman–Crippen MR) is 102 cm³/mol. The molecule has 2 saturated carbocycles. The lowest BCUT2D eigenvalue weighted by molar-refractivity contribution is -0.171. The highest BCUT2D eigenvalue weighted by Gasteiger charge is 2.66. The monoisotopic (exact) mass is 438 g/mol. The first-order chi connectivity index (χ1) is 13.7. The molecule has 4 fully saturated rings. The molecule has 0 aromatic carbocycles. The van der Waals surface area contributed by atoms with Gasteiger partial charge in [0.2, 0.25) is 0 Å². The van der Waals surface area contributed by atoms with E-state index in [9.17, 15) is 21.6 Å². The number of guanidine groups is 1. The van der Waals surface area contributed by atoms with Crippen LogP contribution < -0.4 is 10.6 Å². The van der Waals surface area contributed by atoms with Crippen LogP contribution in [0.1, 0.15) is 38.5 Å². The largest absolute Gasteiger partial charge is 0.511 e. The van der Waals surface area contributed by atoms with Crippen LogP contribution in [-0.4, -0.2) is 69.6 Å². The van der Waals surface area contributed by atoms with Gasteiger partial charge in [-0.25, -0.2) is 8.42 Å². The molecule has 2 heterocycles. The highest BCUT2D eigenvalue weighted by atomic mass is 32.2. The molecule has 29 heavy (non-hydrogen) atoms. The lowest BCUT2D eigenvalue weighted by Gasteiger charge is -2.63. The number of halogens is 3. The summed E-state index contributed by atoms with van der Waals surface area (Å²) in [5, 5.41) is 6.86. The van der Waals surface area contributed by atoms with E-state index >= 15 is 0 Å². The van der Waals surface area contributed by atoms with Crippen LogP contribution >= 0.6 is 0 Å². The van der Waals surface area contributed by atoms with Crippen molar-refractivity contribution >= 4 is 16.0 Å². The first kappa shape index (κ1) is 21.2. The van der Waals surface area contributed by atoms with Gasteiger partial charge in [0, 0.05) is 50.7 Å². The average molecular weight is 439 g/mol. The zero-order valence-corrected chi connectivity index (χ0v) is 17.4. The average Bonchev–Trinajstić information content (AvgIpc) is 3.05.